The van der Waals surface area contributed by atoms with Gasteiger partial charge in [0.15, 0.2) is 0 Å². The molecule has 3 unspecified atom stereocenters. The number of imide groups is 2. The number of fused-ring (bicyclic) bond motifs is 1. The number of aromatic nitrogens is 4. The topological polar surface area (TPSA) is 257 Å². The van der Waals surface area contributed by atoms with Crippen molar-refractivity contribution in [3.8, 4) is 28.1 Å². The minimum atomic E-state index is -1.25. The largest absolute Gasteiger partial charge is 0.494 e. The maximum Gasteiger partial charge on any atom is 0.305 e. The zero-order valence-corrected chi connectivity index (χ0v) is 43.0. The van der Waals surface area contributed by atoms with Gasteiger partial charge in [-0.1, -0.05) is 55.5 Å². The molecule has 19 nitrogen and oxygen atoms in total. The SMILES string of the molecule is CC(C)c1c(C(=O)Nc2ccccc2)c(-c2cccc(OCCCCCc3cn(CCOCCNc4cccc5c4C(=O)N(C4CCC(=O)NC4=O)C5=O)nn3)c2)c(-c2ccc(F)cc2)n1CCC(O)CC(O)CC(=O)O. The summed E-state index contributed by atoms with van der Waals surface area (Å²) in [6.45, 7) is 6.00. The minimum Gasteiger partial charge on any atom is -0.494 e. The molecule has 1 fully saturated rings. The molecule has 6 N–H and O–H groups in total. The highest BCUT2D eigenvalue weighted by Crippen LogP contribution is 2.44. The molecule has 20 heteroatoms. The molecule has 4 aromatic carbocycles. The summed E-state index contributed by atoms with van der Waals surface area (Å²) in [5, 5.41) is 47.5. The molecule has 0 radical (unpaired) electrons. The second-order valence-corrected chi connectivity index (χ2v) is 19.4. The second kappa shape index (κ2) is 25.6. The van der Waals surface area contributed by atoms with Crippen molar-refractivity contribution < 1.29 is 58.0 Å². The summed E-state index contributed by atoms with van der Waals surface area (Å²) < 4.78 is 30.3. The average molecular weight is 1060 g/mol. The molecule has 8 rings (SSSR count). The molecule has 0 saturated carbocycles. The number of nitrogens with zero attached hydrogens (tertiary/aromatic N) is 5. The van der Waals surface area contributed by atoms with Gasteiger partial charge in [0.2, 0.25) is 11.8 Å². The van der Waals surface area contributed by atoms with Gasteiger partial charge in [-0.05, 0) is 123 Å². The number of anilines is 2. The van der Waals surface area contributed by atoms with Gasteiger partial charge in [0.1, 0.15) is 17.6 Å². The first-order valence-corrected chi connectivity index (χ1v) is 25.9. The lowest BCUT2D eigenvalue weighted by atomic mass is 9.94. The number of aliphatic hydroxyl groups excluding tert-OH is 2. The van der Waals surface area contributed by atoms with E-state index < -0.39 is 60.1 Å². The van der Waals surface area contributed by atoms with E-state index in [0.717, 1.165) is 29.9 Å². The molecule has 4 heterocycles. The molecule has 6 aromatic rings. The second-order valence-electron chi connectivity index (χ2n) is 19.4. The van der Waals surface area contributed by atoms with Crippen LogP contribution in [0.2, 0.25) is 0 Å². The van der Waals surface area contributed by atoms with Gasteiger partial charge < -0.3 is 40.0 Å². The summed E-state index contributed by atoms with van der Waals surface area (Å²) in [6.07, 6.45) is 2.31. The fourth-order valence-corrected chi connectivity index (χ4v) is 9.86. The number of rotatable bonds is 27. The first kappa shape index (κ1) is 55.2. The Morgan fingerprint density at radius 2 is 1.62 bits per heavy atom. The van der Waals surface area contributed by atoms with Gasteiger partial charge in [-0.15, -0.1) is 5.10 Å². The van der Waals surface area contributed by atoms with E-state index in [2.05, 4.69) is 26.3 Å². The monoisotopic (exact) mass is 1050 g/mol. The number of nitrogens with one attached hydrogen (secondary N) is 3. The zero-order valence-electron chi connectivity index (χ0n) is 43.0. The van der Waals surface area contributed by atoms with Crippen LogP contribution in [0, 0.1) is 5.82 Å². The standard InChI is InChI=1S/C57H63FN8O11/c1-35(2)52-51(55(73)60-39-12-5-3-6-13-39)49(53(36-18-20-38(58)21-19-36)65(52)26-24-41(67)32-42(68)33-48(70)71)37-11-9-15-43(31-37)77-28-8-4-7-14-40-34-64(63-62-40)27-30-76-29-25-59-45-17-10-16-44-50(45)57(75)66(56(44)74)46-22-23-47(69)61-54(46)72/h3,5-6,9-13,15-21,31,34-35,41-42,46,59,67-68H,4,7-8,14,22-30,32-33H2,1-2H3,(H,60,73)(H,70,71)(H,61,69,72). The molecule has 2 aromatic heterocycles. The Morgan fingerprint density at radius 1 is 0.844 bits per heavy atom. The lowest BCUT2D eigenvalue weighted by Crippen LogP contribution is -2.54. The number of amides is 5. The van der Waals surface area contributed by atoms with E-state index in [1.165, 1.54) is 12.1 Å². The van der Waals surface area contributed by atoms with Crippen molar-refractivity contribution >= 4 is 46.9 Å². The Hall–Kier alpha value is -8.07. The van der Waals surface area contributed by atoms with E-state index in [1.807, 2.05) is 67.1 Å². The van der Waals surface area contributed by atoms with Crippen LogP contribution in [0.5, 0.6) is 5.75 Å². The third-order valence-corrected chi connectivity index (χ3v) is 13.4. The van der Waals surface area contributed by atoms with Gasteiger partial charge >= 0.3 is 5.97 Å². The van der Waals surface area contributed by atoms with Crippen LogP contribution in [0.15, 0.2) is 103 Å². The highest BCUT2D eigenvalue weighted by Gasteiger charge is 2.45. The number of para-hydroxylation sites is 1. The van der Waals surface area contributed by atoms with E-state index in [9.17, 15) is 48.5 Å². The molecule has 77 heavy (non-hydrogen) atoms. The summed E-state index contributed by atoms with van der Waals surface area (Å²) in [6, 6.07) is 26.4. The van der Waals surface area contributed by atoms with Crippen molar-refractivity contribution in [2.45, 2.75) is 109 Å². The predicted octanol–water partition coefficient (Wildman–Crippen LogP) is 7.23. The van der Waals surface area contributed by atoms with Crippen molar-refractivity contribution in [2.24, 2.45) is 0 Å². The van der Waals surface area contributed by atoms with E-state index in [1.54, 1.807) is 47.1 Å². The summed E-state index contributed by atoms with van der Waals surface area (Å²) in [4.78, 5) is 77.5. The van der Waals surface area contributed by atoms with E-state index in [4.69, 9.17) is 9.47 Å². The van der Waals surface area contributed by atoms with Crippen molar-refractivity contribution in [2.75, 3.05) is 37.0 Å². The van der Waals surface area contributed by atoms with Crippen LogP contribution >= 0.6 is 0 Å². The fraction of sp³-hybridized carbons (Fsp3) is 0.368. The Balaban J connectivity index is 0.855. The number of hydrogen-bond donors (Lipinski definition) is 6. The molecule has 2 aliphatic rings. The third-order valence-electron chi connectivity index (χ3n) is 13.4. The molecule has 0 aliphatic carbocycles. The number of halogens is 1. The lowest BCUT2D eigenvalue weighted by Gasteiger charge is -2.27. The molecular weight excluding hydrogens is 992 g/mol. The Labute approximate surface area is 444 Å². The smallest absolute Gasteiger partial charge is 0.305 e. The van der Waals surface area contributed by atoms with Gasteiger partial charge in [0, 0.05) is 48.3 Å². The number of carboxylic acid groups (broad SMARTS) is 1. The van der Waals surface area contributed by atoms with E-state index in [-0.39, 0.29) is 55.2 Å². The minimum absolute atomic E-state index is 0.0396. The number of aliphatic carboxylic acids is 1. The molecule has 5 amide bonds. The number of aryl methyl sites for hydroxylation is 1. The van der Waals surface area contributed by atoms with Crippen LogP contribution in [-0.4, -0.2) is 120 Å². The molecular formula is C57H63FN8O11. The van der Waals surface area contributed by atoms with E-state index in [0.29, 0.717) is 90.1 Å². The maximum atomic E-state index is 14.6. The van der Waals surface area contributed by atoms with Crippen LogP contribution in [-0.2, 0) is 38.6 Å². The summed E-state index contributed by atoms with van der Waals surface area (Å²) in [5.41, 5.74) is 5.84. The number of ether oxygens (including phenoxy) is 2. The zero-order chi connectivity index (χ0) is 54.6. The van der Waals surface area contributed by atoms with Gasteiger partial charge in [0.05, 0.1) is 73.1 Å². The summed E-state index contributed by atoms with van der Waals surface area (Å²) in [5.74, 6) is -3.87. The van der Waals surface area contributed by atoms with Crippen molar-refractivity contribution in [1.82, 2.24) is 29.8 Å². The van der Waals surface area contributed by atoms with Crippen LogP contribution in [0.25, 0.3) is 22.4 Å². The highest BCUT2D eigenvalue weighted by molar-refractivity contribution is 6.25. The molecule has 2 aliphatic heterocycles. The van der Waals surface area contributed by atoms with Crippen molar-refractivity contribution in [3.05, 3.63) is 137 Å². The highest BCUT2D eigenvalue weighted by atomic mass is 19.1. The number of aliphatic hydroxyl groups is 2. The van der Waals surface area contributed by atoms with Gasteiger partial charge in [-0.2, -0.15) is 0 Å². The summed E-state index contributed by atoms with van der Waals surface area (Å²) in [7, 11) is 0. The molecule has 0 bridgehead atoms. The quantitative estimate of drug-likeness (QED) is 0.0220. The predicted molar refractivity (Wildman–Crippen MR) is 283 cm³/mol. The van der Waals surface area contributed by atoms with Crippen molar-refractivity contribution in [3.63, 3.8) is 0 Å². The first-order valence-electron chi connectivity index (χ1n) is 25.9. The number of carboxylic acids is 1. The maximum absolute atomic E-state index is 14.6. The van der Waals surface area contributed by atoms with Crippen molar-refractivity contribution in [1.29, 1.82) is 0 Å². The molecule has 3 atom stereocenters. The van der Waals surface area contributed by atoms with Gasteiger partial charge in [-0.3, -0.25) is 39.0 Å². The van der Waals surface area contributed by atoms with Crippen LogP contribution in [0.3, 0.4) is 0 Å². The van der Waals surface area contributed by atoms with Gasteiger partial charge in [-0.25, -0.2) is 9.07 Å². The average Bonchev–Trinajstić information content (AvgIpc) is 4.08. The molecule has 1 saturated heterocycles. The van der Waals surface area contributed by atoms with E-state index >= 15 is 0 Å². The first-order chi connectivity index (χ1) is 37.2. The number of unbranched alkanes of at least 4 members (excludes halogenated alkanes) is 2. The summed E-state index contributed by atoms with van der Waals surface area (Å²) >= 11 is 0. The molecule has 404 valence electrons. The number of piperidine rings is 1. The van der Waals surface area contributed by atoms with Crippen LogP contribution in [0.1, 0.15) is 114 Å². The van der Waals surface area contributed by atoms with Crippen LogP contribution in [0.4, 0.5) is 15.8 Å². The number of benzene rings is 4. The molecule has 0 spiro atoms. The van der Waals surface area contributed by atoms with Crippen LogP contribution < -0.4 is 20.7 Å². The number of carbonyl (C=O) groups is 6. The Morgan fingerprint density at radius 3 is 2.38 bits per heavy atom. The lowest BCUT2D eigenvalue weighted by molar-refractivity contribution is -0.140. The third kappa shape index (κ3) is 13.7. The Bertz CT molecular complexity index is 3090. The fourth-order valence-electron chi connectivity index (χ4n) is 9.86. The normalized spacial score (nSPS) is 15.1. The number of hydrogen-bond acceptors (Lipinski definition) is 13. The Kier molecular flexibility index (Phi) is 18.4. The number of carbonyl (C=O) groups excluding carboxylic acids is 5. The van der Waals surface area contributed by atoms with Gasteiger partial charge in [0.25, 0.3) is 17.7 Å².